The molecule has 2 aromatic carbocycles. The first-order valence-electron chi connectivity index (χ1n) is 7.38. The van der Waals surface area contributed by atoms with E-state index in [1.807, 2.05) is 23.1 Å². The molecule has 0 aromatic heterocycles. The van der Waals surface area contributed by atoms with Gasteiger partial charge in [0.25, 0.3) is 0 Å². The predicted octanol–water partition coefficient (Wildman–Crippen LogP) is 3.10. The monoisotopic (exact) mass is 280 g/mol. The average molecular weight is 280 g/mol. The van der Waals surface area contributed by atoms with Gasteiger partial charge in [0.2, 0.25) is 5.91 Å². The van der Waals surface area contributed by atoms with Gasteiger partial charge in [-0.05, 0) is 37.0 Å². The second kappa shape index (κ2) is 5.60. The van der Waals surface area contributed by atoms with Crippen molar-refractivity contribution in [2.45, 2.75) is 26.2 Å². The summed E-state index contributed by atoms with van der Waals surface area (Å²) in [6, 6.07) is 14.2. The summed E-state index contributed by atoms with van der Waals surface area (Å²) in [4.78, 5) is 14.3. The number of carbonyl (C=O) groups is 1. The largest absolute Gasteiger partial charge is 0.397 e. The van der Waals surface area contributed by atoms with Gasteiger partial charge in [-0.15, -0.1) is 0 Å². The van der Waals surface area contributed by atoms with Crippen molar-refractivity contribution in [1.29, 1.82) is 0 Å². The molecule has 0 saturated heterocycles. The van der Waals surface area contributed by atoms with Crippen LogP contribution in [0.1, 0.15) is 23.1 Å². The maximum Gasteiger partial charge on any atom is 0.227 e. The van der Waals surface area contributed by atoms with Crippen molar-refractivity contribution in [2.24, 2.45) is 0 Å². The molecule has 2 aromatic rings. The molecule has 108 valence electrons. The molecule has 0 aliphatic carbocycles. The molecule has 1 aliphatic heterocycles. The lowest BCUT2D eigenvalue weighted by molar-refractivity contribution is -0.118. The molecule has 0 bridgehead atoms. The summed E-state index contributed by atoms with van der Waals surface area (Å²) in [5.74, 6) is 0.160. The number of amides is 1. The Morgan fingerprint density at radius 3 is 2.86 bits per heavy atom. The van der Waals surface area contributed by atoms with Crippen LogP contribution >= 0.6 is 0 Å². The number of carbonyl (C=O) groups excluding carboxylic acids is 1. The van der Waals surface area contributed by atoms with Gasteiger partial charge in [0.1, 0.15) is 0 Å². The molecule has 21 heavy (non-hydrogen) atoms. The van der Waals surface area contributed by atoms with Gasteiger partial charge in [0, 0.05) is 13.0 Å². The van der Waals surface area contributed by atoms with Crippen molar-refractivity contribution in [3.05, 3.63) is 59.2 Å². The van der Waals surface area contributed by atoms with Gasteiger partial charge in [0.15, 0.2) is 0 Å². The van der Waals surface area contributed by atoms with E-state index in [9.17, 15) is 4.79 Å². The third-order valence-electron chi connectivity index (χ3n) is 4.04. The van der Waals surface area contributed by atoms with Crippen molar-refractivity contribution >= 4 is 17.3 Å². The molecule has 0 radical (unpaired) electrons. The van der Waals surface area contributed by atoms with Crippen LogP contribution in [-0.2, 0) is 17.6 Å². The van der Waals surface area contributed by atoms with Crippen LogP contribution in [0.2, 0.25) is 0 Å². The number of nitrogens with two attached hydrogens (primary N) is 1. The highest BCUT2D eigenvalue weighted by molar-refractivity contribution is 5.98. The number of nitrogen functional groups attached to an aromatic ring is 1. The van der Waals surface area contributed by atoms with E-state index in [0.717, 1.165) is 25.1 Å². The minimum atomic E-state index is 0.160. The second-order valence-electron chi connectivity index (χ2n) is 5.64. The Bertz CT molecular complexity index is 679. The normalized spacial score (nSPS) is 13.3. The van der Waals surface area contributed by atoms with Gasteiger partial charge in [-0.2, -0.15) is 0 Å². The molecule has 1 aliphatic rings. The van der Waals surface area contributed by atoms with Crippen molar-refractivity contribution < 1.29 is 4.79 Å². The molecule has 0 fully saturated rings. The molecule has 3 heteroatoms. The van der Waals surface area contributed by atoms with Crippen molar-refractivity contribution in [2.75, 3.05) is 17.2 Å². The fourth-order valence-electron chi connectivity index (χ4n) is 2.99. The Morgan fingerprint density at radius 1 is 1.24 bits per heavy atom. The average Bonchev–Trinajstić information content (AvgIpc) is 2.90. The van der Waals surface area contributed by atoms with Gasteiger partial charge in [-0.1, -0.05) is 42.0 Å². The van der Waals surface area contributed by atoms with Crippen LogP contribution in [0.3, 0.4) is 0 Å². The quantitative estimate of drug-likeness (QED) is 0.878. The fraction of sp³-hybridized carbons (Fsp3) is 0.278. The number of hydrogen-bond donors (Lipinski definition) is 1. The highest BCUT2D eigenvalue weighted by Gasteiger charge is 2.25. The van der Waals surface area contributed by atoms with Crippen molar-refractivity contribution in [3.8, 4) is 0 Å². The van der Waals surface area contributed by atoms with Crippen LogP contribution in [0.15, 0.2) is 42.5 Å². The molecule has 3 rings (SSSR count). The van der Waals surface area contributed by atoms with E-state index in [4.69, 9.17) is 5.73 Å². The fourth-order valence-corrected chi connectivity index (χ4v) is 2.99. The molecule has 0 saturated carbocycles. The van der Waals surface area contributed by atoms with Gasteiger partial charge in [-0.3, -0.25) is 4.79 Å². The summed E-state index contributed by atoms with van der Waals surface area (Å²) >= 11 is 0. The Kier molecular flexibility index (Phi) is 3.65. The van der Waals surface area contributed by atoms with E-state index in [1.54, 1.807) is 0 Å². The number of rotatable bonds is 3. The third-order valence-corrected chi connectivity index (χ3v) is 4.04. The predicted molar refractivity (Wildman–Crippen MR) is 86.4 cm³/mol. The summed E-state index contributed by atoms with van der Waals surface area (Å²) in [7, 11) is 0. The van der Waals surface area contributed by atoms with Crippen molar-refractivity contribution in [1.82, 2.24) is 0 Å². The van der Waals surface area contributed by atoms with Gasteiger partial charge >= 0.3 is 0 Å². The Hall–Kier alpha value is -2.29. The minimum absolute atomic E-state index is 0.160. The first kappa shape index (κ1) is 13.7. The molecule has 3 nitrogen and oxygen atoms in total. The zero-order chi connectivity index (χ0) is 14.8. The van der Waals surface area contributed by atoms with Gasteiger partial charge < -0.3 is 10.6 Å². The summed E-state index contributed by atoms with van der Waals surface area (Å²) in [6.45, 7) is 2.82. The summed E-state index contributed by atoms with van der Waals surface area (Å²) in [5.41, 5.74) is 11.3. The molecule has 0 unspecified atom stereocenters. The second-order valence-corrected chi connectivity index (χ2v) is 5.64. The first-order valence-corrected chi connectivity index (χ1v) is 7.38. The van der Waals surface area contributed by atoms with Crippen LogP contribution in [0.5, 0.6) is 0 Å². The molecular formula is C18H20N2O. The Morgan fingerprint density at radius 2 is 2.05 bits per heavy atom. The van der Waals surface area contributed by atoms with Crippen LogP contribution < -0.4 is 10.6 Å². The minimum Gasteiger partial charge on any atom is -0.397 e. The number of hydrogen-bond acceptors (Lipinski definition) is 2. The summed E-state index contributed by atoms with van der Waals surface area (Å²) < 4.78 is 0. The van der Waals surface area contributed by atoms with Gasteiger partial charge in [-0.25, -0.2) is 0 Å². The summed E-state index contributed by atoms with van der Waals surface area (Å²) in [6.07, 6.45) is 2.20. The lowest BCUT2D eigenvalue weighted by Gasteiger charge is -2.19. The number of aryl methyl sites for hydroxylation is 2. The van der Waals surface area contributed by atoms with Crippen LogP contribution in [0, 0.1) is 6.92 Å². The zero-order valence-electron chi connectivity index (χ0n) is 12.3. The smallest absolute Gasteiger partial charge is 0.227 e. The van der Waals surface area contributed by atoms with E-state index in [1.165, 1.54) is 16.7 Å². The highest BCUT2D eigenvalue weighted by Crippen LogP contribution is 2.34. The first-order chi connectivity index (χ1) is 10.1. The zero-order valence-corrected chi connectivity index (χ0v) is 12.3. The van der Waals surface area contributed by atoms with E-state index in [2.05, 4.69) is 31.2 Å². The topological polar surface area (TPSA) is 46.3 Å². The maximum atomic E-state index is 12.5. The lowest BCUT2D eigenvalue weighted by atomic mass is 10.1. The maximum absolute atomic E-state index is 12.5. The number of anilines is 2. The molecule has 0 atom stereocenters. The number of benzene rings is 2. The van der Waals surface area contributed by atoms with E-state index >= 15 is 0 Å². The van der Waals surface area contributed by atoms with Crippen LogP contribution in [0.25, 0.3) is 0 Å². The molecule has 1 amide bonds. The van der Waals surface area contributed by atoms with Crippen LogP contribution in [0.4, 0.5) is 11.4 Å². The molecular weight excluding hydrogens is 260 g/mol. The number of para-hydroxylation sites is 1. The highest BCUT2D eigenvalue weighted by atomic mass is 16.2. The van der Waals surface area contributed by atoms with E-state index in [-0.39, 0.29) is 5.91 Å². The number of nitrogens with zero attached hydrogens (tertiary/aromatic N) is 1. The molecule has 0 spiro atoms. The molecule has 2 N–H and O–H groups in total. The standard InChI is InChI=1S/C18H20N2O/c1-13-4-2-5-14(12-13)8-9-17(21)20-11-10-15-6-3-7-16(19)18(15)20/h2-7,12H,8-11,19H2,1H3. The Balaban J connectivity index is 1.71. The van der Waals surface area contributed by atoms with Crippen LogP contribution in [-0.4, -0.2) is 12.5 Å². The summed E-state index contributed by atoms with van der Waals surface area (Å²) in [5, 5.41) is 0. The lowest BCUT2D eigenvalue weighted by Crippen LogP contribution is -2.29. The van der Waals surface area contributed by atoms with E-state index < -0.39 is 0 Å². The van der Waals surface area contributed by atoms with E-state index in [0.29, 0.717) is 12.1 Å². The third kappa shape index (κ3) is 2.77. The SMILES string of the molecule is Cc1cccc(CCC(=O)N2CCc3cccc(N)c32)c1. The molecule has 1 heterocycles. The van der Waals surface area contributed by atoms with Gasteiger partial charge in [0.05, 0.1) is 11.4 Å². The number of fused-ring (bicyclic) bond motifs is 1. The van der Waals surface area contributed by atoms with Crippen molar-refractivity contribution in [3.63, 3.8) is 0 Å². The Labute approximate surface area is 125 Å².